The molecule has 0 spiro atoms. The second-order valence-corrected chi connectivity index (χ2v) is 7.89. The summed E-state index contributed by atoms with van der Waals surface area (Å²) in [5.74, 6) is -1.02. The number of hydrogen-bond acceptors (Lipinski definition) is 10. The van der Waals surface area contributed by atoms with E-state index in [2.05, 4.69) is 0 Å². The van der Waals surface area contributed by atoms with E-state index in [0.29, 0.717) is 35.1 Å². The lowest BCUT2D eigenvalue weighted by Gasteiger charge is -2.24. The molecule has 33 heavy (non-hydrogen) atoms. The summed E-state index contributed by atoms with van der Waals surface area (Å²) in [7, 11) is 1.33. The van der Waals surface area contributed by atoms with E-state index in [4.69, 9.17) is 23.7 Å². The van der Waals surface area contributed by atoms with Crippen LogP contribution in [0.2, 0.25) is 0 Å². The van der Waals surface area contributed by atoms with Crippen molar-refractivity contribution in [2.24, 2.45) is 5.41 Å². The fourth-order valence-electron chi connectivity index (χ4n) is 3.66. The second kappa shape index (κ2) is 8.54. The summed E-state index contributed by atoms with van der Waals surface area (Å²) in [5, 5.41) is 28.4. The van der Waals surface area contributed by atoms with Crippen molar-refractivity contribution in [1.82, 2.24) is 0 Å². The average molecular weight is 460 g/mol. The van der Waals surface area contributed by atoms with Crippen LogP contribution in [0.1, 0.15) is 35.7 Å². The van der Waals surface area contributed by atoms with Gasteiger partial charge in [0.1, 0.15) is 18.6 Å². The third-order valence-corrected chi connectivity index (χ3v) is 5.58. The summed E-state index contributed by atoms with van der Waals surface area (Å²) >= 11 is 0. The zero-order valence-electron chi connectivity index (χ0n) is 18.1. The minimum Gasteiger partial charge on any atom is -0.493 e. The number of ether oxygens (including phenoxy) is 5. The number of hydrogen-bond donors (Lipinski definition) is 3. The van der Waals surface area contributed by atoms with Crippen LogP contribution in [-0.4, -0.2) is 53.7 Å². The fourth-order valence-corrected chi connectivity index (χ4v) is 3.66. The molecule has 0 amide bonds. The standard InChI is InChI=1S/C23H24O10/c1-3-30-21(25)22(8-9-22)12-32-18-15(6-7-17(29-2)19(18)33-23(26,27)28)13-4-5-16-14(10-13)11-31-20(16)24/h4-7,10,26-28H,3,8-9,11-12H2,1-2H3. The van der Waals surface area contributed by atoms with E-state index in [9.17, 15) is 24.9 Å². The maximum Gasteiger partial charge on any atom is 0.453 e. The Kier molecular flexibility index (Phi) is 5.91. The number of benzene rings is 2. The Morgan fingerprint density at radius 1 is 1.12 bits per heavy atom. The molecule has 1 aliphatic heterocycles. The van der Waals surface area contributed by atoms with Crippen LogP contribution in [0.5, 0.6) is 17.2 Å². The van der Waals surface area contributed by atoms with Crippen molar-refractivity contribution < 1.29 is 48.6 Å². The van der Waals surface area contributed by atoms with Gasteiger partial charge in [-0.25, -0.2) is 4.79 Å². The van der Waals surface area contributed by atoms with Gasteiger partial charge in [-0.1, -0.05) is 6.07 Å². The van der Waals surface area contributed by atoms with Crippen LogP contribution in [-0.2, 0) is 20.9 Å². The van der Waals surface area contributed by atoms with Gasteiger partial charge in [-0.15, -0.1) is 0 Å². The molecular weight excluding hydrogens is 436 g/mol. The van der Waals surface area contributed by atoms with E-state index in [0.717, 1.165) is 0 Å². The summed E-state index contributed by atoms with van der Waals surface area (Å²) in [6, 6.07) is 8.17. The second-order valence-electron chi connectivity index (χ2n) is 7.89. The van der Waals surface area contributed by atoms with Gasteiger partial charge in [0.2, 0.25) is 5.75 Å². The van der Waals surface area contributed by atoms with Crippen molar-refractivity contribution in [2.75, 3.05) is 20.3 Å². The Bertz CT molecular complexity index is 1080. The van der Waals surface area contributed by atoms with Crippen molar-refractivity contribution in [3.05, 3.63) is 41.5 Å². The van der Waals surface area contributed by atoms with Crippen LogP contribution in [0.3, 0.4) is 0 Å². The molecule has 3 N–H and O–H groups in total. The van der Waals surface area contributed by atoms with Gasteiger partial charge in [-0.2, -0.15) is 0 Å². The average Bonchev–Trinajstić information content (AvgIpc) is 3.48. The van der Waals surface area contributed by atoms with Crippen LogP contribution in [0.25, 0.3) is 11.1 Å². The highest BCUT2D eigenvalue weighted by molar-refractivity contribution is 5.94. The van der Waals surface area contributed by atoms with E-state index in [-0.39, 0.29) is 43.0 Å². The quantitative estimate of drug-likeness (QED) is 0.374. The molecule has 4 rings (SSSR count). The number of fused-ring (bicyclic) bond motifs is 1. The van der Waals surface area contributed by atoms with Gasteiger partial charge in [0.15, 0.2) is 11.5 Å². The van der Waals surface area contributed by atoms with Crippen LogP contribution in [0.4, 0.5) is 0 Å². The fraction of sp³-hybridized carbons (Fsp3) is 0.391. The van der Waals surface area contributed by atoms with Crippen LogP contribution < -0.4 is 14.2 Å². The van der Waals surface area contributed by atoms with E-state index in [1.807, 2.05) is 0 Å². The first-order valence-corrected chi connectivity index (χ1v) is 10.3. The third-order valence-electron chi connectivity index (χ3n) is 5.58. The van der Waals surface area contributed by atoms with Gasteiger partial charge in [-0.3, -0.25) is 4.79 Å². The number of cyclic esters (lactones) is 1. The lowest BCUT2D eigenvalue weighted by Crippen LogP contribution is -2.35. The molecule has 2 aromatic carbocycles. The van der Waals surface area contributed by atoms with Gasteiger partial charge in [0.25, 0.3) is 0 Å². The van der Waals surface area contributed by atoms with E-state index >= 15 is 0 Å². The van der Waals surface area contributed by atoms with Crippen molar-refractivity contribution in [2.45, 2.75) is 32.5 Å². The molecule has 0 unspecified atom stereocenters. The lowest BCUT2D eigenvalue weighted by molar-refractivity contribution is -0.420. The maximum absolute atomic E-state index is 12.4. The molecule has 0 atom stereocenters. The number of aliphatic hydroxyl groups is 3. The molecule has 0 radical (unpaired) electrons. The van der Waals surface area contributed by atoms with E-state index < -0.39 is 17.5 Å². The zero-order valence-corrected chi connectivity index (χ0v) is 18.1. The van der Waals surface area contributed by atoms with E-state index in [1.54, 1.807) is 31.2 Å². The summed E-state index contributed by atoms with van der Waals surface area (Å²) < 4.78 is 26.4. The number of rotatable bonds is 9. The molecule has 2 aliphatic rings. The highest BCUT2D eigenvalue weighted by Crippen LogP contribution is 2.50. The summed E-state index contributed by atoms with van der Waals surface area (Å²) in [6.45, 7) is 2.00. The number of carbonyl (C=O) groups is 2. The first kappa shape index (κ1) is 22.8. The predicted octanol–water partition coefficient (Wildman–Crippen LogP) is 1.72. The molecule has 1 fully saturated rings. The Morgan fingerprint density at radius 2 is 1.85 bits per heavy atom. The zero-order chi connectivity index (χ0) is 23.8. The molecule has 10 nitrogen and oxygen atoms in total. The Balaban J connectivity index is 1.77. The van der Waals surface area contributed by atoms with Gasteiger partial charge in [0.05, 0.1) is 19.3 Å². The van der Waals surface area contributed by atoms with Crippen molar-refractivity contribution in [3.63, 3.8) is 0 Å². The molecule has 1 saturated carbocycles. The minimum absolute atomic E-state index is 0.0108. The first-order valence-electron chi connectivity index (χ1n) is 10.3. The Labute approximate surface area is 189 Å². The molecule has 1 aliphatic carbocycles. The van der Waals surface area contributed by atoms with Crippen LogP contribution >= 0.6 is 0 Å². The molecular formula is C23H24O10. The van der Waals surface area contributed by atoms with Crippen LogP contribution in [0.15, 0.2) is 30.3 Å². The topological polar surface area (TPSA) is 141 Å². The summed E-state index contributed by atoms with van der Waals surface area (Å²) in [4.78, 5) is 24.2. The monoisotopic (exact) mass is 460 g/mol. The molecule has 0 saturated heterocycles. The third kappa shape index (κ3) is 4.58. The summed E-state index contributed by atoms with van der Waals surface area (Å²) in [5.41, 5.74) is 1.35. The molecule has 10 heteroatoms. The van der Waals surface area contributed by atoms with Crippen molar-refractivity contribution in [3.8, 4) is 28.4 Å². The molecule has 1 heterocycles. The molecule has 2 aromatic rings. The molecule has 0 bridgehead atoms. The SMILES string of the molecule is CCOC(=O)C1(COc2c(-c3ccc4c(c3)COC4=O)ccc(OC)c2OC(O)(O)O)CC1. The molecule has 0 aromatic heterocycles. The van der Waals surface area contributed by atoms with Gasteiger partial charge >= 0.3 is 18.1 Å². The first-order chi connectivity index (χ1) is 15.7. The van der Waals surface area contributed by atoms with Crippen molar-refractivity contribution >= 4 is 11.9 Å². The lowest BCUT2D eigenvalue weighted by atomic mass is 9.99. The minimum atomic E-state index is -3.51. The highest BCUT2D eigenvalue weighted by atomic mass is 16.9. The maximum atomic E-state index is 12.4. The largest absolute Gasteiger partial charge is 0.493 e. The highest BCUT2D eigenvalue weighted by Gasteiger charge is 2.52. The molecule has 176 valence electrons. The van der Waals surface area contributed by atoms with Gasteiger partial charge in [-0.05, 0) is 49.6 Å². The van der Waals surface area contributed by atoms with Crippen LogP contribution in [0, 0.1) is 5.41 Å². The van der Waals surface area contributed by atoms with Crippen molar-refractivity contribution in [1.29, 1.82) is 0 Å². The number of methoxy groups -OCH3 is 1. The predicted molar refractivity (Wildman–Crippen MR) is 111 cm³/mol. The number of carbonyl (C=O) groups excluding carboxylic acids is 2. The normalized spacial score (nSPS) is 16.0. The van der Waals surface area contributed by atoms with E-state index in [1.165, 1.54) is 13.2 Å². The number of esters is 2. The smallest absolute Gasteiger partial charge is 0.453 e. The Hall–Kier alpha value is -3.34. The van der Waals surface area contributed by atoms with Gasteiger partial charge < -0.3 is 39.0 Å². The van der Waals surface area contributed by atoms with Gasteiger partial charge in [0, 0.05) is 11.1 Å². The summed E-state index contributed by atoms with van der Waals surface area (Å²) in [6.07, 6.45) is -2.37. The Morgan fingerprint density at radius 3 is 2.48 bits per heavy atom.